The lowest BCUT2D eigenvalue weighted by Gasteiger charge is -2.38. The third kappa shape index (κ3) is 6.27. The molecule has 2 aliphatic rings. The normalized spacial score (nSPS) is 18.3. The van der Waals surface area contributed by atoms with Crippen molar-refractivity contribution in [1.29, 1.82) is 0 Å². The Balaban J connectivity index is 1.34. The summed E-state index contributed by atoms with van der Waals surface area (Å²) in [5, 5.41) is 2.79. The monoisotopic (exact) mass is 489 g/mol. The van der Waals surface area contributed by atoms with Crippen molar-refractivity contribution < 1.29 is 22.3 Å². The number of amides is 1. The highest BCUT2D eigenvalue weighted by molar-refractivity contribution is 7.93. The van der Waals surface area contributed by atoms with Crippen LogP contribution in [0.25, 0.3) is 0 Å². The van der Waals surface area contributed by atoms with Crippen LogP contribution in [0.3, 0.4) is 0 Å². The van der Waals surface area contributed by atoms with Gasteiger partial charge in [-0.25, -0.2) is 12.8 Å². The van der Waals surface area contributed by atoms with Crippen molar-refractivity contribution in [2.45, 2.75) is 37.5 Å². The summed E-state index contributed by atoms with van der Waals surface area (Å²) in [5.74, 6) is -1.57. The van der Waals surface area contributed by atoms with Crippen LogP contribution in [0.1, 0.15) is 37.7 Å². The van der Waals surface area contributed by atoms with E-state index in [1.165, 1.54) is 31.4 Å². The minimum absolute atomic E-state index is 0.265. The van der Waals surface area contributed by atoms with Gasteiger partial charge in [-0.15, -0.1) is 0 Å². The molecule has 7 nitrogen and oxygen atoms in total. The number of rotatable bonds is 8. The molecule has 2 saturated heterocycles. The summed E-state index contributed by atoms with van der Waals surface area (Å²) in [7, 11) is -3.86. The quantitative estimate of drug-likeness (QED) is 0.593. The molecule has 34 heavy (non-hydrogen) atoms. The van der Waals surface area contributed by atoms with Gasteiger partial charge in [-0.2, -0.15) is 0 Å². The number of ether oxygens (including phenoxy) is 1. The first-order valence-electron chi connectivity index (χ1n) is 11.8. The molecule has 2 heterocycles. The van der Waals surface area contributed by atoms with Crippen LogP contribution < -0.4 is 14.9 Å². The van der Waals surface area contributed by atoms with Crippen LogP contribution in [0.5, 0.6) is 0 Å². The highest BCUT2D eigenvalue weighted by Gasteiger charge is 2.35. The van der Waals surface area contributed by atoms with Crippen molar-refractivity contribution in [3.63, 3.8) is 0 Å². The molecule has 1 amide bonds. The predicted molar refractivity (Wildman–Crippen MR) is 131 cm³/mol. The number of benzene rings is 2. The number of anilines is 2. The zero-order valence-corrected chi connectivity index (χ0v) is 20.1. The molecular weight excluding hydrogens is 457 g/mol. The van der Waals surface area contributed by atoms with Crippen LogP contribution in [0.2, 0.25) is 0 Å². The highest BCUT2D eigenvalue weighted by atomic mass is 32.2. The molecule has 9 heteroatoms. The Morgan fingerprint density at radius 3 is 2.26 bits per heavy atom. The summed E-state index contributed by atoms with van der Waals surface area (Å²) in [6, 6.07) is 13.5. The topological polar surface area (TPSA) is 87.7 Å². The first-order valence-corrected chi connectivity index (χ1v) is 13.5. The molecule has 2 fully saturated rings. The second-order valence-corrected chi connectivity index (χ2v) is 10.9. The lowest BCUT2D eigenvalue weighted by Crippen LogP contribution is -2.46. The van der Waals surface area contributed by atoms with Crippen molar-refractivity contribution in [1.82, 2.24) is 5.32 Å². The number of halogens is 1. The lowest BCUT2D eigenvalue weighted by molar-refractivity contribution is -0.119. The van der Waals surface area contributed by atoms with Crippen LogP contribution in [0, 0.1) is 5.82 Å². The average molecular weight is 490 g/mol. The van der Waals surface area contributed by atoms with Gasteiger partial charge in [0, 0.05) is 49.6 Å². The molecular formula is C25H32FN3O4S. The van der Waals surface area contributed by atoms with Crippen LogP contribution in [0.15, 0.2) is 48.5 Å². The molecule has 184 valence electrons. The number of nitrogens with zero attached hydrogens (tertiary/aromatic N) is 1. The number of carbonyl (C=O) groups excluding carboxylic acids is 1. The van der Waals surface area contributed by atoms with E-state index in [9.17, 15) is 17.6 Å². The van der Waals surface area contributed by atoms with Crippen molar-refractivity contribution in [3.8, 4) is 0 Å². The lowest BCUT2D eigenvalue weighted by atomic mass is 9.74. The van der Waals surface area contributed by atoms with Gasteiger partial charge in [0.2, 0.25) is 15.9 Å². The molecule has 4 rings (SSSR count). The van der Waals surface area contributed by atoms with Crippen LogP contribution >= 0.6 is 0 Å². The largest absolute Gasteiger partial charge is 0.381 e. The molecule has 0 unspecified atom stereocenters. The molecule has 2 aliphatic heterocycles. The second-order valence-electron chi connectivity index (χ2n) is 9.13. The van der Waals surface area contributed by atoms with E-state index in [0.717, 1.165) is 24.3 Å². The summed E-state index contributed by atoms with van der Waals surface area (Å²) in [6.07, 6.45) is 4.90. The fraction of sp³-hybridized carbons (Fsp3) is 0.480. The maximum absolute atomic E-state index is 13.4. The fourth-order valence-electron chi connectivity index (χ4n) is 4.73. The van der Waals surface area contributed by atoms with Crippen molar-refractivity contribution in [3.05, 3.63) is 59.9 Å². The SMILES string of the molecule is O=C(CS(=O)(=O)Nc1ccc(N2CCCCC2)cc1)NCC1(c2ccc(F)cc2)CCOCC1. The average Bonchev–Trinajstić information content (AvgIpc) is 2.84. The standard InChI is InChI=1S/C25H32FN3O4S/c26-21-6-4-20(5-7-21)25(12-16-33-17-13-25)19-27-24(30)18-34(31,32)28-22-8-10-23(11-9-22)29-14-2-1-3-15-29/h4-11,28H,1-3,12-19H2,(H,27,30). The summed E-state index contributed by atoms with van der Waals surface area (Å²) < 4.78 is 46.6. The highest BCUT2D eigenvalue weighted by Crippen LogP contribution is 2.34. The third-order valence-electron chi connectivity index (χ3n) is 6.71. The zero-order chi connectivity index (χ0) is 24.0. The second kappa shape index (κ2) is 10.7. The number of hydrogen-bond donors (Lipinski definition) is 2. The van der Waals surface area contributed by atoms with E-state index in [-0.39, 0.29) is 12.4 Å². The molecule has 0 bridgehead atoms. The van der Waals surface area contributed by atoms with E-state index in [4.69, 9.17) is 4.74 Å². The van der Waals surface area contributed by atoms with Gasteiger partial charge in [-0.3, -0.25) is 9.52 Å². The Bertz CT molecular complexity index is 1060. The Morgan fingerprint density at radius 1 is 0.971 bits per heavy atom. The molecule has 0 saturated carbocycles. The number of hydrogen-bond acceptors (Lipinski definition) is 5. The van der Waals surface area contributed by atoms with Gasteiger partial charge in [-0.1, -0.05) is 12.1 Å². The van der Waals surface area contributed by atoms with Gasteiger partial charge in [0.15, 0.2) is 0 Å². The molecule has 2 aromatic carbocycles. The minimum atomic E-state index is -3.86. The minimum Gasteiger partial charge on any atom is -0.381 e. The van der Waals surface area contributed by atoms with Gasteiger partial charge >= 0.3 is 0 Å². The summed E-state index contributed by atoms with van der Waals surface area (Å²) >= 11 is 0. The van der Waals surface area contributed by atoms with E-state index in [1.807, 2.05) is 12.1 Å². The Kier molecular flexibility index (Phi) is 7.73. The van der Waals surface area contributed by atoms with Crippen molar-refractivity contribution >= 4 is 27.3 Å². The number of piperidine rings is 1. The first-order chi connectivity index (χ1) is 16.4. The van der Waals surface area contributed by atoms with E-state index < -0.39 is 27.1 Å². The first kappa shape index (κ1) is 24.5. The van der Waals surface area contributed by atoms with Gasteiger partial charge in [0.1, 0.15) is 11.6 Å². The number of carbonyl (C=O) groups is 1. The molecule has 0 aliphatic carbocycles. The van der Waals surface area contributed by atoms with Gasteiger partial charge in [0.05, 0.1) is 0 Å². The third-order valence-corrected chi connectivity index (χ3v) is 7.90. The molecule has 0 radical (unpaired) electrons. The predicted octanol–water partition coefficient (Wildman–Crippen LogP) is 3.42. The smallest absolute Gasteiger partial charge is 0.241 e. The number of nitrogens with one attached hydrogen (secondary N) is 2. The summed E-state index contributed by atoms with van der Waals surface area (Å²) in [4.78, 5) is 14.8. The fourth-order valence-corrected chi connectivity index (χ4v) is 5.75. The van der Waals surface area contributed by atoms with E-state index >= 15 is 0 Å². The van der Waals surface area contributed by atoms with E-state index in [1.54, 1.807) is 24.3 Å². The van der Waals surface area contributed by atoms with Crippen LogP contribution in [0.4, 0.5) is 15.8 Å². The maximum atomic E-state index is 13.4. The van der Waals surface area contributed by atoms with Crippen LogP contribution in [-0.4, -0.2) is 52.9 Å². The molecule has 2 N–H and O–H groups in total. The maximum Gasteiger partial charge on any atom is 0.241 e. The summed E-state index contributed by atoms with van der Waals surface area (Å²) in [5.41, 5.74) is 2.00. The molecule has 0 spiro atoms. The van der Waals surface area contributed by atoms with E-state index in [0.29, 0.717) is 31.7 Å². The Labute approximate surface area is 200 Å². The Morgan fingerprint density at radius 2 is 1.62 bits per heavy atom. The number of sulfonamides is 1. The van der Waals surface area contributed by atoms with Crippen LogP contribution in [-0.2, 0) is 25.0 Å². The van der Waals surface area contributed by atoms with Crippen molar-refractivity contribution in [2.75, 3.05) is 48.2 Å². The van der Waals surface area contributed by atoms with Gasteiger partial charge in [0.25, 0.3) is 0 Å². The molecule has 2 aromatic rings. The Hall–Kier alpha value is -2.65. The molecule has 0 aromatic heterocycles. The summed E-state index contributed by atoms with van der Waals surface area (Å²) in [6.45, 7) is 3.34. The zero-order valence-electron chi connectivity index (χ0n) is 19.3. The van der Waals surface area contributed by atoms with Gasteiger partial charge < -0.3 is 15.0 Å². The molecule has 0 atom stereocenters. The van der Waals surface area contributed by atoms with Crippen molar-refractivity contribution in [2.24, 2.45) is 0 Å². The van der Waals surface area contributed by atoms with E-state index in [2.05, 4.69) is 14.9 Å². The van der Waals surface area contributed by atoms with Gasteiger partial charge in [-0.05, 0) is 74.1 Å².